The molecule has 2 aromatic heterocycles. The normalized spacial score (nSPS) is 21.9. The molecule has 0 saturated carbocycles. The predicted molar refractivity (Wildman–Crippen MR) is 105 cm³/mol. The van der Waals surface area contributed by atoms with Crippen molar-refractivity contribution in [3.05, 3.63) is 53.3 Å². The van der Waals surface area contributed by atoms with Crippen molar-refractivity contribution in [2.24, 2.45) is 18.9 Å². The first-order valence-electron chi connectivity index (χ1n) is 9.17. The van der Waals surface area contributed by atoms with Crippen LogP contribution >= 0.6 is 11.6 Å². The molecule has 2 aliphatic rings. The highest BCUT2D eigenvalue weighted by atomic mass is 35.5. The SMILES string of the molecule is Cn1nc(C(=O)N2CC3CN(c4ccc(Cl)cn4)CC3C2)c2ccccc21. The highest BCUT2D eigenvalue weighted by Gasteiger charge is 2.42. The van der Waals surface area contributed by atoms with Crippen molar-refractivity contribution in [1.29, 1.82) is 0 Å². The van der Waals surface area contributed by atoms with Crippen LogP contribution in [0.1, 0.15) is 10.5 Å². The van der Waals surface area contributed by atoms with Crippen molar-refractivity contribution < 1.29 is 4.79 Å². The third-order valence-electron chi connectivity index (χ3n) is 5.77. The van der Waals surface area contributed by atoms with E-state index in [0.29, 0.717) is 22.6 Å². The minimum Gasteiger partial charge on any atom is -0.356 e. The van der Waals surface area contributed by atoms with E-state index in [4.69, 9.17) is 11.6 Å². The molecule has 0 N–H and O–H groups in total. The Bertz CT molecular complexity index is 1000. The predicted octanol–water partition coefficient (Wildman–Crippen LogP) is 2.83. The number of anilines is 1. The second-order valence-electron chi connectivity index (χ2n) is 7.46. The second-order valence-corrected chi connectivity index (χ2v) is 7.90. The van der Waals surface area contributed by atoms with Crippen LogP contribution in [0.4, 0.5) is 5.82 Å². The number of rotatable bonds is 2. The molecule has 2 saturated heterocycles. The van der Waals surface area contributed by atoms with Crippen molar-refractivity contribution in [3.8, 4) is 0 Å². The number of aryl methyl sites for hydroxylation is 1. The fourth-order valence-electron chi connectivity index (χ4n) is 4.42. The minimum absolute atomic E-state index is 0.0392. The number of benzene rings is 1. The van der Waals surface area contributed by atoms with E-state index >= 15 is 0 Å². The Morgan fingerprint density at radius 1 is 1.07 bits per heavy atom. The number of halogens is 1. The van der Waals surface area contributed by atoms with Crippen LogP contribution in [0.25, 0.3) is 10.9 Å². The van der Waals surface area contributed by atoms with Crippen LogP contribution < -0.4 is 4.90 Å². The van der Waals surface area contributed by atoms with Gasteiger partial charge in [-0.05, 0) is 18.2 Å². The third-order valence-corrected chi connectivity index (χ3v) is 5.99. The van der Waals surface area contributed by atoms with Gasteiger partial charge in [-0.1, -0.05) is 29.8 Å². The number of nitrogens with zero attached hydrogens (tertiary/aromatic N) is 5. The van der Waals surface area contributed by atoms with Gasteiger partial charge in [0.2, 0.25) is 0 Å². The first kappa shape index (κ1) is 16.6. The van der Waals surface area contributed by atoms with Gasteiger partial charge in [0, 0.05) is 56.6 Å². The van der Waals surface area contributed by atoms with Crippen LogP contribution in [0.3, 0.4) is 0 Å². The van der Waals surface area contributed by atoms with Gasteiger partial charge in [-0.2, -0.15) is 5.10 Å². The molecule has 1 aromatic carbocycles. The summed E-state index contributed by atoms with van der Waals surface area (Å²) in [5.41, 5.74) is 1.55. The standard InChI is InChI=1S/C20H20ClN5O/c1-24-17-5-3-2-4-16(17)19(23-24)20(27)26-11-13-9-25(10-14(13)12-26)18-7-6-15(21)8-22-18/h2-8,13-14H,9-12H2,1H3. The minimum atomic E-state index is 0.0392. The molecule has 27 heavy (non-hydrogen) atoms. The number of hydrogen-bond acceptors (Lipinski definition) is 4. The molecule has 0 bridgehead atoms. The molecule has 138 valence electrons. The molecule has 6 nitrogen and oxygen atoms in total. The average Bonchev–Trinajstić information content (AvgIpc) is 3.34. The van der Waals surface area contributed by atoms with E-state index < -0.39 is 0 Å². The van der Waals surface area contributed by atoms with Gasteiger partial charge in [0.25, 0.3) is 5.91 Å². The summed E-state index contributed by atoms with van der Waals surface area (Å²) in [6.45, 7) is 3.40. The Morgan fingerprint density at radius 2 is 1.81 bits per heavy atom. The number of pyridine rings is 1. The van der Waals surface area contributed by atoms with Crippen LogP contribution in [0.2, 0.25) is 5.02 Å². The lowest BCUT2D eigenvalue weighted by Crippen LogP contribution is -2.33. The Kier molecular flexibility index (Phi) is 3.82. The molecule has 7 heteroatoms. The van der Waals surface area contributed by atoms with Crippen molar-refractivity contribution in [3.63, 3.8) is 0 Å². The molecule has 4 heterocycles. The van der Waals surface area contributed by atoms with Gasteiger partial charge in [0.1, 0.15) is 5.82 Å². The number of fused-ring (bicyclic) bond motifs is 2. The zero-order valence-corrected chi connectivity index (χ0v) is 15.8. The molecule has 2 atom stereocenters. The van der Waals surface area contributed by atoms with Gasteiger partial charge < -0.3 is 9.80 Å². The van der Waals surface area contributed by atoms with Crippen LogP contribution in [0.15, 0.2) is 42.6 Å². The maximum absolute atomic E-state index is 13.1. The Morgan fingerprint density at radius 3 is 2.52 bits per heavy atom. The van der Waals surface area contributed by atoms with E-state index in [9.17, 15) is 4.79 Å². The maximum Gasteiger partial charge on any atom is 0.275 e. The molecular weight excluding hydrogens is 362 g/mol. The molecule has 1 amide bonds. The lowest BCUT2D eigenvalue weighted by molar-refractivity contribution is 0.0778. The van der Waals surface area contributed by atoms with Gasteiger partial charge >= 0.3 is 0 Å². The van der Waals surface area contributed by atoms with E-state index in [1.807, 2.05) is 48.3 Å². The van der Waals surface area contributed by atoms with Crippen LogP contribution in [0, 0.1) is 11.8 Å². The zero-order valence-electron chi connectivity index (χ0n) is 15.0. The van der Waals surface area contributed by atoms with Crippen LogP contribution in [-0.4, -0.2) is 51.8 Å². The molecule has 5 rings (SSSR count). The number of carbonyl (C=O) groups is 1. The fourth-order valence-corrected chi connectivity index (χ4v) is 4.53. The van der Waals surface area contributed by atoms with E-state index in [1.54, 1.807) is 10.9 Å². The number of likely N-dealkylation sites (tertiary alicyclic amines) is 1. The van der Waals surface area contributed by atoms with Gasteiger partial charge in [-0.15, -0.1) is 0 Å². The summed E-state index contributed by atoms with van der Waals surface area (Å²) >= 11 is 5.94. The lowest BCUT2D eigenvalue weighted by atomic mass is 10.0. The summed E-state index contributed by atoms with van der Waals surface area (Å²) in [4.78, 5) is 21.8. The van der Waals surface area contributed by atoms with Crippen molar-refractivity contribution >= 4 is 34.2 Å². The van der Waals surface area contributed by atoms with Crippen molar-refractivity contribution in [1.82, 2.24) is 19.7 Å². The monoisotopic (exact) mass is 381 g/mol. The zero-order chi connectivity index (χ0) is 18.5. The highest BCUT2D eigenvalue weighted by molar-refractivity contribution is 6.30. The molecule has 0 radical (unpaired) electrons. The summed E-state index contributed by atoms with van der Waals surface area (Å²) in [6.07, 6.45) is 1.69. The summed E-state index contributed by atoms with van der Waals surface area (Å²) in [5, 5.41) is 6.07. The molecule has 2 aliphatic heterocycles. The Balaban J connectivity index is 1.32. The lowest BCUT2D eigenvalue weighted by Gasteiger charge is -2.22. The molecule has 0 aliphatic carbocycles. The number of hydrogen-bond donors (Lipinski definition) is 0. The van der Waals surface area contributed by atoms with E-state index in [1.165, 1.54) is 0 Å². The van der Waals surface area contributed by atoms with E-state index in [0.717, 1.165) is 42.9 Å². The van der Waals surface area contributed by atoms with Crippen molar-refractivity contribution in [2.75, 3.05) is 31.1 Å². The number of carbonyl (C=O) groups excluding carboxylic acids is 1. The number of para-hydroxylation sites is 1. The Hall–Kier alpha value is -2.60. The molecule has 2 fully saturated rings. The number of amides is 1. The smallest absolute Gasteiger partial charge is 0.275 e. The van der Waals surface area contributed by atoms with Gasteiger partial charge in [-0.25, -0.2) is 4.98 Å². The maximum atomic E-state index is 13.1. The molecule has 3 aromatic rings. The summed E-state index contributed by atoms with van der Waals surface area (Å²) in [5.74, 6) is 1.95. The Labute approximate surface area is 162 Å². The second kappa shape index (κ2) is 6.23. The van der Waals surface area contributed by atoms with Gasteiger partial charge in [0.05, 0.1) is 10.5 Å². The molecule has 0 spiro atoms. The van der Waals surface area contributed by atoms with Crippen LogP contribution in [-0.2, 0) is 7.05 Å². The van der Waals surface area contributed by atoms with E-state index in [2.05, 4.69) is 15.0 Å². The van der Waals surface area contributed by atoms with Gasteiger partial charge in [0.15, 0.2) is 5.69 Å². The largest absolute Gasteiger partial charge is 0.356 e. The van der Waals surface area contributed by atoms with Gasteiger partial charge in [-0.3, -0.25) is 9.48 Å². The topological polar surface area (TPSA) is 54.3 Å². The summed E-state index contributed by atoms with van der Waals surface area (Å²) in [6, 6.07) is 11.7. The number of aromatic nitrogens is 3. The quantitative estimate of drug-likeness (QED) is 0.685. The van der Waals surface area contributed by atoms with E-state index in [-0.39, 0.29) is 5.91 Å². The third kappa shape index (κ3) is 2.75. The van der Waals surface area contributed by atoms with Crippen molar-refractivity contribution in [2.45, 2.75) is 0 Å². The summed E-state index contributed by atoms with van der Waals surface area (Å²) in [7, 11) is 1.88. The van der Waals surface area contributed by atoms with Crippen LogP contribution in [0.5, 0.6) is 0 Å². The first-order chi connectivity index (χ1) is 13.1. The summed E-state index contributed by atoms with van der Waals surface area (Å²) < 4.78 is 1.79. The molecular formula is C20H20ClN5O. The highest BCUT2D eigenvalue weighted by Crippen LogP contribution is 2.34. The average molecular weight is 382 g/mol. The molecule has 2 unspecified atom stereocenters. The first-order valence-corrected chi connectivity index (χ1v) is 9.55. The fraction of sp³-hybridized carbons (Fsp3) is 0.350.